The summed E-state index contributed by atoms with van der Waals surface area (Å²) in [5.74, 6) is 0.872. The second-order valence-electron chi connectivity index (χ2n) is 4.35. The minimum absolute atomic E-state index is 0.461. The first-order valence-electron chi connectivity index (χ1n) is 6.64. The fraction of sp³-hybridized carbons (Fsp3) is 0.250. The van der Waals surface area contributed by atoms with E-state index in [1.54, 1.807) is 6.20 Å². The molecule has 4 nitrogen and oxygen atoms in total. The molecule has 0 amide bonds. The normalized spacial score (nSPS) is 9.80. The Balaban J connectivity index is 1.95. The van der Waals surface area contributed by atoms with Crippen LogP contribution >= 0.6 is 0 Å². The van der Waals surface area contributed by atoms with Crippen LogP contribution in [0.25, 0.3) is 0 Å². The predicted molar refractivity (Wildman–Crippen MR) is 78.5 cm³/mol. The fourth-order valence-corrected chi connectivity index (χ4v) is 1.77. The third-order valence-electron chi connectivity index (χ3n) is 2.81. The number of nitrogens with one attached hydrogen (secondary N) is 1. The van der Waals surface area contributed by atoms with Gasteiger partial charge in [0.2, 0.25) is 0 Å². The highest BCUT2D eigenvalue weighted by molar-refractivity contribution is 5.47. The van der Waals surface area contributed by atoms with Crippen molar-refractivity contribution < 1.29 is 4.74 Å². The third-order valence-corrected chi connectivity index (χ3v) is 2.81. The summed E-state index contributed by atoms with van der Waals surface area (Å²) < 4.78 is 5.53. The molecule has 0 atom stereocenters. The first-order chi connectivity index (χ1) is 9.83. The quantitative estimate of drug-likeness (QED) is 0.872. The predicted octanol–water partition coefficient (Wildman–Crippen LogP) is 3.35. The minimum atomic E-state index is 0.461. The average Bonchev–Trinajstić information content (AvgIpc) is 2.52. The molecular weight excluding hydrogens is 250 g/mol. The Morgan fingerprint density at radius 1 is 1.25 bits per heavy atom. The molecule has 20 heavy (non-hydrogen) atoms. The number of hydrogen-bond acceptors (Lipinski definition) is 4. The Kier molecular flexibility index (Phi) is 4.96. The van der Waals surface area contributed by atoms with Crippen LogP contribution in [-0.2, 0) is 6.54 Å². The minimum Gasteiger partial charge on any atom is -0.494 e. The number of ether oxygens (including phenoxy) is 1. The van der Waals surface area contributed by atoms with Crippen LogP contribution in [0.15, 0.2) is 42.6 Å². The standard InChI is InChI=1S/C16H17N3O/c1-2-10-20-15-7-5-14(6-8-15)19-12-13-4-3-9-18-16(13)11-17/h3-9,19H,2,10,12H2,1H3. The van der Waals surface area contributed by atoms with Gasteiger partial charge in [-0.1, -0.05) is 13.0 Å². The van der Waals surface area contributed by atoms with Crippen LogP contribution in [-0.4, -0.2) is 11.6 Å². The van der Waals surface area contributed by atoms with Crippen LogP contribution in [0.1, 0.15) is 24.6 Å². The molecule has 0 radical (unpaired) electrons. The van der Waals surface area contributed by atoms with Crippen LogP contribution in [0.4, 0.5) is 5.69 Å². The van der Waals surface area contributed by atoms with Crippen molar-refractivity contribution in [3.8, 4) is 11.8 Å². The van der Waals surface area contributed by atoms with Gasteiger partial charge >= 0.3 is 0 Å². The van der Waals surface area contributed by atoms with E-state index in [0.717, 1.165) is 30.0 Å². The van der Waals surface area contributed by atoms with Crippen LogP contribution in [0.2, 0.25) is 0 Å². The number of anilines is 1. The SMILES string of the molecule is CCCOc1ccc(NCc2cccnc2C#N)cc1. The smallest absolute Gasteiger partial charge is 0.145 e. The summed E-state index contributed by atoms with van der Waals surface area (Å²) in [5, 5.41) is 12.2. The Morgan fingerprint density at radius 2 is 2.05 bits per heavy atom. The highest BCUT2D eigenvalue weighted by Crippen LogP contribution is 2.17. The van der Waals surface area contributed by atoms with E-state index in [-0.39, 0.29) is 0 Å². The molecule has 0 aliphatic carbocycles. The first-order valence-corrected chi connectivity index (χ1v) is 6.64. The molecule has 0 unspecified atom stereocenters. The van der Waals surface area contributed by atoms with Gasteiger partial charge < -0.3 is 10.1 Å². The van der Waals surface area contributed by atoms with E-state index in [2.05, 4.69) is 23.3 Å². The third kappa shape index (κ3) is 3.72. The van der Waals surface area contributed by atoms with Gasteiger partial charge in [0.15, 0.2) is 0 Å². The van der Waals surface area contributed by atoms with E-state index >= 15 is 0 Å². The van der Waals surface area contributed by atoms with E-state index < -0.39 is 0 Å². The van der Waals surface area contributed by atoms with Gasteiger partial charge in [-0.05, 0) is 36.8 Å². The lowest BCUT2D eigenvalue weighted by Crippen LogP contribution is -2.02. The van der Waals surface area contributed by atoms with Crippen molar-refractivity contribution in [1.29, 1.82) is 5.26 Å². The highest BCUT2D eigenvalue weighted by atomic mass is 16.5. The molecule has 1 N–H and O–H groups in total. The Hall–Kier alpha value is -2.54. The van der Waals surface area contributed by atoms with E-state index in [0.29, 0.717) is 12.2 Å². The lowest BCUT2D eigenvalue weighted by atomic mass is 10.2. The van der Waals surface area contributed by atoms with Crippen LogP contribution in [0, 0.1) is 11.3 Å². The van der Waals surface area contributed by atoms with E-state index in [1.807, 2.05) is 36.4 Å². The summed E-state index contributed by atoms with van der Waals surface area (Å²) in [6, 6.07) is 13.6. The molecule has 1 aromatic heterocycles. The maximum absolute atomic E-state index is 8.98. The van der Waals surface area contributed by atoms with Crippen molar-refractivity contribution in [3.63, 3.8) is 0 Å². The molecule has 1 heterocycles. The van der Waals surface area contributed by atoms with Gasteiger partial charge in [0, 0.05) is 24.0 Å². The monoisotopic (exact) mass is 267 g/mol. The molecule has 0 fully saturated rings. The van der Waals surface area contributed by atoms with Gasteiger partial charge in [-0.3, -0.25) is 0 Å². The van der Waals surface area contributed by atoms with Gasteiger partial charge in [0.05, 0.1) is 6.61 Å². The fourth-order valence-electron chi connectivity index (χ4n) is 1.77. The van der Waals surface area contributed by atoms with Gasteiger partial charge in [-0.25, -0.2) is 4.98 Å². The molecule has 0 saturated heterocycles. The zero-order chi connectivity index (χ0) is 14.2. The maximum atomic E-state index is 8.98. The van der Waals surface area contributed by atoms with Gasteiger partial charge in [-0.15, -0.1) is 0 Å². The molecule has 102 valence electrons. The zero-order valence-corrected chi connectivity index (χ0v) is 11.5. The average molecular weight is 267 g/mol. The molecule has 1 aromatic carbocycles. The maximum Gasteiger partial charge on any atom is 0.145 e. The molecular formula is C16H17N3O. The Bertz CT molecular complexity index is 587. The van der Waals surface area contributed by atoms with Crippen molar-refractivity contribution in [1.82, 2.24) is 4.98 Å². The molecule has 0 aliphatic rings. The molecule has 2 rings (SSSR count). The van der Waals surface area contributed by atoms with E-state index in [1.165, 1.54) is 0 Å². The van der Waals surface area contributed by atoms with Crippen LogP contribution in [0.3, 0.4) is 0 Å². The van der Waals surface area contributed by atoms with E-state index in [4.69, 9.17) is 10.00 Å². The molecule has 0 aliphatic heterocycles. The number of benzene rings is 1. The van der Waals surface area contributed by atoms with E-state index in [9.17, 15) is 0 Å². The number of hydrogen-bond donors (Lipinski definition) is 1. The van der Waals surface area contributed by atoms with Crippen molar-refractivity contribution >= 4 is 5.69 Å². The van der Waals surface area contributed by atoms with Crippen LogP contribution < -0.4 is 10.1 Å². The molecule has 0 bridgehead atoms. The Morgan fingerprint density at radius 3 is 2.75 bits per heavy atom. The van der Waals surface area contributed by atoms with Crippen molar-refractivity contribution in [2.45, 2.75) is 19.9 Å². The van der Waals surface area contributed by atoms with Crippen molar-refractivity contribution in [2.75, 3.05) is 11.9 Å². The van der Waals surface area contributed by atoms with Gasteiger partial charge in [0.25, 0.3) is 0 Å². The van der Waals surface area contributed by atoms with Crippen molar-refractivity contribution in [2.24, 2.45) is 0 Å². The largest absolute Gasteiger partial charge is 0.494 e. The first kappa shape index (κ1) is 13.9. The lowest BCUT2D eigenvalue weighted by molar-refractivity contribution is 0.317. The molecule has 4 heteroatoms. The van der Waals surface area contributed by atoms with Gasteiger partial charge in [-0.2, -0.15) is 5.26 Å². The second-order valence-corrected chi connectivity index (χ2v) is 4.35. The lowest BCUT2D eigenvalue weighted by Gasteiger charge is -2.09. The molecule has 0 spiro atoms. The van der Waals surface area contributed by atoms with Gasteiger partial charge in [0.1, 0.15) is 17.5 Å². The topological polar surface area (TPSA) is 57.9 Å². The summed E-state index contributed by atoms with van der Waals surface area (Å²) in [6.07, 6.45) is 2.62. The second kappa shape index (κ2) is 7.15. The number of pyridine rings is 1. The van der Waals surface area contributed by atoms with Crippen molar-refractivity contribution in [3.05, 3.63) is 53.9 Å². The summed E-state index contributed by atoms with van der Waals surface area (Å²) in [4.78, 5) is 4.04. The summed E-state index contributed by atoms with van der Waals surface area (Å²) in [6.45, 7) is 3.39. The molecule has 0 saturated carbocycles. The number of nitriles is 1. The van der Waals surface area contributed by atoms with Crippen LogP contribution in [0.5, 0.6) is 5.75 Å². The number of nitrogens with zero attached hydrogens (tertiary/aromatic N) is 2. The molecule has 2 aromatic rings. The summed E-state index contributed by atoms with van der Waals surface area (Å²) in [5.41, 5.74) is 2.34. The number of rotatable bonds is 6. The summed E-state index contributed by atoms with van der Waals surface area (Å²) in [7, 11) is 0. The zero-order valence-electron chi connectivity index (χ0n) is 11.5. The number of aromatic nitrogens is 1. The highest BCUT2D eigenvalue weighted by Gasteiger charge is 2.02. The summed E-state index contributed by atoms with van der Waals surface area (Å²) >= 11 is 0. The Labute approximate surface area is 119 Å².